The van der Waals surface area contributed by atoms with Gasteiger partial charge in [-0.3, -0.25) is 4.98 Å². The number of hydrogen-bond donors (Lipinski definition) is 2. The van der Waals surface area contributed by atoms with Gasteiger partial charge in [-0.15, -0.1) is 24.0 Å². The highest BCUT2D eigenvalue weighted by Gasteiger charge is 2.02. The maximum atomic E-state index is 13.1. The van der Waals surface area contributed by atoms with Gasteiger partial charge in [0, 0.05) is 31.4 Å². The van der Waals surface area contributed by atoms with Crippen molar-refractivity contribution in [2.24, 2.45) is 4.99 Å². The maximum Gasteiger partial charge on any atom is 0.191 e. The number of nitrogens with zero attached hydrogens (tertiary/aromatic N) is 2. The van der Waals surface area contributed by atoms with Gasteiger partial charge in [0.15, 0.2) is 5.96 Å². The van der Waals surface area contributed by atoms with Crippen molar-refractivity contribution >= 4 is 41.5 Å². The molecule has 0 fully saturated rings. The Balaban J connectivity index is 0.00000288. The summed E-state index contributed by atoms with van der Waals surface area (Å²) in [7, 11) is 0. The molecule has 0 amide bonds. The summed E-state index contributed by atoms with van der Waals surface area (Å²) in [5.41, 5.74) is 1.89. The summed E-state index contributed by atoms with van der Waals surface area (Å²) in [6, 6.07) is 10.5. The fraction of sp³-hybridized carbons (Fsp3) is 0.294. The van der Waals surface area contributed by atoms with Crippen LogP contribution in [0.15, 0.2) is 47.6 Å². The summed E-state index contributed by atoms with van der Waals surface area (Å²) in [6.45, 7) is 3.93. The third-order valence-electron chi connectivity index (χ3n) is 3.15. The molecule has 0 aliphatic rings. The Labute approximate surface area is 164 Å². The van der Waals surface area contributed by atoms with E-state index < -0.39 is 5.82 Å². The molecule has 0 atom stereocenters. The average Bonchev–Trinajstić information content (AvgIpc) is 2.56. The zero-order valence-electron chi connectivity index (χ0n) is 13.4. The number of pyridine rings is 1. The Bertz CT molecular complexity index is 652. The Morgan fingerprint density at radius 1 is 1.25 bits per heavy atom. The maximum absolute atomic E-state index is 13.1. The van der Waals surface area contributed by atoms with Crippen LogP contribution in [0, 0.1) is 5.82 Å². The van der Waals surface area contributed by atoms with Gasteiger partial charge in [0.05, 0.1) is 11.6 Å². The van der Waals surface area contributed by atoms with Crippen molar-refractivity contribution in [3.05, 3.63) is 64.7 Å². The lowest BCUT2D eigenvalue weighted by atomic mass is 10.2. The molecule has 0 bridgehead atoms. The van der Waals surface area contributed by atoms with E-state index in [2.05, 4.69) is 20.6 Å². The van der Waals surface area contributed by atoms with Crippen LogP contribution in [0.2, 0.25) is 5.02 Å². The minimum Gasteiger partial charge on any atom is -0.357 e. The number of guanidine groups is 1. The van der Waals surface area contributed by atoms with Crippen LogP contribution < -0.4 is 10.6 Å². The summed E-state index contributed by atoms with van der Waals surface area (Å²) in [5, 5.41) is 6.55. The van der Waals surface area contributed by atoms with E-state index in [1.54, 1.807) is 18.3 Å². The molecule has 2 rings (SSSR count). The zero-order valence-corrected chi connectivity index (χ0v) is 16.5. The lowest BCUT2D eigenvalue weighted by Crippen LogP contribution is -2.38. The molecule has 2 N–H and O–H groups in total. The van der Waals surface area contributed by atoms with E-state index >= 15 is 0 Å². The predicted octanol–water partition coefficient (Wildman–Crippen LogP) is 3.79. The lowest BCUT2D eigenvalue weighted by molar-refractivity contribution is 0.627. The highest BCUT2D eigenvalue weighted by atomic mass is 127. The van der Waals surface area contributed by atoms with Gasteiger partial charge >= 0.3 is 0 Å². The number of rotatable bonds is 6. The van der Waals surface area contributed by atoms with Gasteiger partial charge in [-0.1, -0.05) is 23.7 Å². The van der Waals surface area contributed by atoms with E-state index in [1.807, 2.05) is 25.1 Å². The van der Waals surface area contributed by atoms with Crippen molar-refractivity contribution in [3.63, 3.8) is 0 Å². The van der Waals surface area contributed by atoms with Crippen LogP contribution in [0.25, 0.3) is 0 Å². The molecule has 0 spiro atoms. The van der Waals surface area contributed by atoms with E-state index in [-0.39, 0.29) is 29.0 Å². The number of benzene rings is 1. The Hall–Kier alpha value is -1.41. The molecule has 130 valence electrons. The standard InChI is InChI=1S/C17H20ClFN4.HI/c1-2-20-17(22-10-8-14-5-3-4-9-21-14)23-12-13-6-7-16(19)15(18)11-13;/h3-7,9,11H,2,8,10,12H2,1H3,(H2,20,22,23);1H. The largest absolute Gasteiger partial charge is 0.357 e. The highest BCUT2D eigenvalue weighted by Crippen LogP contribution is 2.16. The lowest BCUT2D eigenvalue weighted by Gasteiger charge is -2.11. The summed E-state index contributed by atoms with van der Waals surface area (Å²) in [4.78, 5) is 8.76. The van der Waals surface area contributed by atoms with E-state index in [1.165, 1.54) is 6.07 Å². The third-order valence-corrected chi connectivity index (χ3v) is 3.44. The third kappa shape index (κ3) is 7.00. The first kappa shape index (κ1) is 20.6. The molecule has 0 saturated carbocycles. The van der Waals surface area contributed by atoms with Crippen molar-refractivity contribution in [1.29, 1.82) is 0 Å². The molecule has 1 aromatic carbocycles. The molecule has 0 aliphatic carbocycles. The summed E-state index contributed by atoms with van der Waals surface area (Å²) in [5.74, 6) is 0.295. The summed E-state index contributed by atoms with van der Waals surface area (Å²) >= 11 is 5.78. The number of aliphatic imine (C=N–C) groups is 1. The van der Waals surface area contributed by atoms with Crippen LogP contribution in [0.5, 0.6) is 0 Å². The molecular weight excluding hydrogens is 442 g/mol. The second-order valence-electron chi connectivity index (χ2n) is 4.94. The molecule has 1 heterocycles. The molecule has 2 aromatic rings. The van der Waals surface area contributed by atoms with Crippen molar-refractivity contribution in [3.8, 4) is 0 Å². The van der Waals surface area contributed by atoms with E-state index in [4.69, 9.17) is 11.6 Å². The van der Waals surface area contributed by atoms with Crippen LogP contribution >= 0.6 is 35.6 Å². The summed E-state index contributed by atoms with van der Waals surface area (Å²) in [6.07, 6.45) is 2.60. The monoisotopic (exact) mass is 462 g/mol. The SMILES string of the molecule is CCNC(=NCc1ccc(F)c(Cl)c1)NCCc1ccccn1.I. The average molecular weight is 463 g/mol. The van der Waals surface area contributed by atoms with Gasteiger partial charge in [0.1, 0.15) is 5.82 Å². The molecule has 4 nitrogen and oxygen atoms in total. The highest BCUT2D eigenvalue weighted by molar-refractivity contribution is 14.0. The van der Waals surface area contributed by atoms with Gasteiger partial charge in [0.25, 0.3) is 0 Å². The van der Waals surface area contributed by atoms with Crippen LogP contribution in [-0.2, 0) is 13.0 Å². The fourth-order valence-electron chi connectivity index (χ4n) is 2.01. The second-order valence-corrected chi connectivity index (χ2v) is 5.35. The normalized spacial score (nSPS) is 10.9. The molecule has 1 aromatic heterocycles. The first-order chi connectivity index (χ1) is 11.2. The second kappa shape index (κ2) is 11.2. The first-order valence-electron chi connectivity index (χ1n) is 7.55. The van der Waals surface area contributed by atoms with Gasteiger partial charge in [-0.05, 0) is 36.8 Å². The quantitative estimate of drug-likeness (QED) is 0.390. The van der Waals surface area contributed by atoms with E-state index in [9.17, 15) is 4.39 Å². The minimum atomic E-state index is -0.417. The fourth-order valence-corrected chi connectivity index (χ4v) is 2.21. The molecule has 0 saturated heterocycles. The number of aromatic nitrogens is 1. The van der Waals surface area contributed by atoms with Crippen LogP contribution in [0.1, 0.15) is 18.2 Å². The molecule has 0 aliphatic heterocycles. The minimum absolute atomic E-state index is 0. The Morgan fingerprint density at radius 3 is 2.75 bits per heavy atom. The topological polar surface area (TPSA) is 49.3 Å². The van der Waals surface area contributed by atoms with E-state index in [0.29, 0.717) is 12.5 Å². The molecule has 0 radical (unpaired) electrons. The van der Waals surface area contributed by atoms with E-state index in [0.717, 1.165) is 30.8 Å². The predicted molar refractivity (Wildman–Crippen MR) is 108 cm³/mol. The molecule has 7 heteroatoms. The zero-order chi connectivity index (χ0) is 16.5. The van der Waals surface area contributed by atoms with Gasteiger partial charge in [0.2, 0.25) is 0 Å². The van der Waals surface area contributed by atoms with Gasteiger partial charge in [-0.2, -0.15) is 0 Å². The molecule has 24 heavy (non-hydrogen) atoms. The van der Waals surface area contributed by atoms with Gasteiger partial charge in [-0.25, -0.2) is 9.38 Å². The van der Waals surface area contributed by atoms with Crippen LogP contribution in [-0.4, -0.2) is 24.0 Å². The number of nitrogens with one attached hydrogen (secondary N) is 2. The van der Waals surface area contributed by atoms with Crippen molar-refractivity contribution in [1.82, 2.24) is 15.6 Å². The van der Waals surface area contributed by atoms with Crippen molar-refractivity contribution in [2.45, 2.75) is 19.9 Å². The van der Waals surface area contributed by atoms with Gasteiger partial charge < -0.3 is 10.6 Å². The number of hydrogen-bond acceptors (Lipinski definition) is 2. The van der Waals surface area contributed by atoms with Crippen molar-refractivity contribution < 1.29 is 4.39 Å². The smallest absolute Gasteiger partial charge is 0.191 e. The molecule has 0 unspecified atom stereocenters. The van der Waals surface area contributed by atoms with Crippen molar-refractivity contribution in [2.75, 3.05) is 13.1 Å². The van der Waals surface area contributed by atoms with Crippen LogP contribution in [0.3, 0.4) is 0 Å². The molecular formula is C17H21ClFIN4. The first-order valence-corrected chi connectivity index (χ1v) is 7.93. The van der Waals surface area contributed by atoms with Crippen LogP contribution in [0.4, 0.5) is 4.39 Å². The number of halogens is 3. The Kier molecular flexibility index (Phi) is 9.63. The summed E-state index contributed by atoms with van der Waals surface area (Å²) < 4.78 is 13.1. The Morgan fingerprint density at radius 2 is 2.08 bits per heavy atom.